The van der Waals surface area contributed by atoms with Gasteiger partial charge in [0.2, 0.25) is 0 Å². The summed E-state index contributed by atoms with van der Waals surface area (Å²) in [4.78, 5) is 17.8. The van der Waals surface area contributed by atoms with Crippen molar-refractivity contribution in [2.75, 3.05) is 10.7 Å². The van der Waals surface area contributed by atoms with E-state index >= 15 is 0 Å². The van der Waals surface area contributed by atoms with Crippen LogP contribution in [0.15, 0.2) is 10.8 Å². The molecule has 0 radical (unpaired) electrons. The number of halogens is 1. The summed E-state index contributed by atoms with van der Waals surface area (Å²) in [6.07, 6.45) is 0.125. The van der Waals surface area contributed by atoms with Crippen molar-refractivity contribution in [3.05, 3.63) is 10.8 Å². The number of nitrogen functional groups attached to an aromatic ring is 1. The van der Waals surface area contributed by atoms with E-state index in [1.165, 1.54) is 6.20 Å². The molecule has 7 nitrogen and oxygen atoms in total. The number of carboxylic acid groups (broad SMARTS) is 1. The molecule has 1 heterocycles. The average molecular weight is 248 g/mol. The number of nitrogens with one attached hydrogen (secondary N) is 2. The van der Waals surface area contributed by atoms with E-state index in [4.69, 9.17) is 10.9 Å². The molecule has 0 fully saturated rings. The van der Waals surface area contributed by atoms with E-state index in [0.29, 0.717) is 4.60 Å². The Kier molecular flexibility index (Phi) is 2.98. The van der Waals surface area contributed by atoms with E-state index in [-0.39, 0.29) is 11.6 Å². The lowest BCUT2D eigenvalue weighted by atomic mass is 10.6. The molecule has 0 bridgehead atoms. The van der Waals surface area contributed by atoms with Crippen LogP contribution in [-0.4, -0.2) is 21.2 Å². The number of hydrogen-bond donors (Lipinski definition) is 4. The molecule has 5 N–H and O–H groups in total. The Morgan fingerprint density at radius 3 is 2.85 bits per heavy atom. The predicted molar refractivity (Wildman–Crippen MR) is 49.2 cm³/mol. The van der Waals surface area contributed by atoms with Crippen LogP contribution >= 0.6 is 15.9 Å². The first-order valence-electron chi connectivity index (χ1n) is 3.12. The second kappa shape index (κ2) is 4.01. The summed E-state index contributed by atoms with van der Waals surface area (Å²) in [7, 11) is 0. The van der Waals surface area contributed by atoms with Gasteiger partial charge in [-0.3, -0.25) is 5.32 Å². The molecule has 8 heteroatoms. The minimum absolute atomic E-state index is 0.0539. The highest BCUT2D eigenvalue weighted by Crippen LogP contribution is 2.17. The molecule has 0 aliphatic rings. The van der Waals surface area contributed by atoms with Gasteiger partial charge in [0.15, 0.2) is 11.6 Å². The monoisotopic (exact) mass is 247 g/mol. The molecule has 0 aliphatic heterocycles. The number of nitrogens with zero attached hydrogens (tertiary/aromatic N) is 2. The average Bonchev–Trinajstić information content (AvgIpc) is 2.07. The fourth-order valence-corrected chi connectivity index (χ4v) is 0.941. The molecule has 70 valence electrons. The first kappa shape index (κ1) is 9.68. The van der Waals surface area contributed by atoms with Crippen molar-refractivity contribution in [1.29, 1.82) is 0 Å². The maximum atomic E-state index is 10.3. The molecule has 0 spiro atoms. The highest BCUT2D eigenvalue weighted by molar-refractivity contribution is 9.10. The summed E-state index contributed by atoms with van der Waals surface area (Å²) in [5.41, 5.74) is 2.21. The first-order valence-corrected chi connectivity index (χ1v) is 3.92. The molecular weight excluding hydrogens is 242 g/mol. The van der Waals surface area contributed by atoms with Crippen LogP contribution in [0.25, 0.3) is 0 Å². The van der Waals surface area contributed by atoms with Crippen LogP contribution < -0.4 is 16.6 Å². The van der Waals surface area contributed by atoms with Crippen LogP contribution in [0.2, 0.25) is 0 Å². The summed E-state index contributed by atoms with van der Waals surface area (Å²) >= 11 is 3.06. The second-order valence-electron chi connectivity index (χ2n) is 1.96. The maximum Gasteiger partial charge on any atom is 0.410 e. The second-order valence-corrected chi connectivity index (χ2v) is 2.78. The Labute approximate surface area is 81.5 Å². The zero-order valence-corrected chi connectivity index (χ0v) is 7.87. The van der Waals surface area contributed by atoms with Gasteiger partial charge >= 0.3 is 6.09 Å². The van der Waals surface area contributed by atoms with Gasteiger partial charge in [-0.1, -0.05) is 0 Å². The number of amides is 1. The molecule has 0 saturated carbocycles. The van der Waals surface area contributed by atoms with Gasteiger partial charge in [-0.2, -0.15) is 0 Å². The number of carbonyl (C=O) groups is 1. The molecule has 0 aromatic carbocycles. The lowest BCUT2D eigenvalue weighted by molar-refractivity contribution is 0.209. The third-order valence-electron chi connectivity index (χ3n) is 1.11. The lowest BCUT2D eigenvalue weighted by Gasteiger charge is -2.05. The van der Waals surface area contributed by atoms with Crippen LogP contribution in [-0.2, 0) is 0 Å². The van der Waals surface area contributed by atoms with Crippen molar-refractivity contribution < 1.29 is 9.90 Å². The van der Waals surface area contributed by atoms with Gasteiger partial charge in [0.05, 0.1) is 6.20 Å². The van der Waals surface area contributed by atoms with Crippen LogP contribution in [0.4, 0.5) is 16.4 Å². The summed E-state index contributed by atoms with van der Waals surface area (Å²) in [6.45, 7) is 0. The number of anilines is 2. The van der Waals surface area contributed by atoms with E-state index < -0.39 is 6.09 Å². The van der Waals surface area contributed by atoms with E-state index in [1.54, 1.807) is 0 Å². The summed E-state index contributed by atoms with van der Waals surface area (Å²) < 4.78 is 0.455. The SMILES string of the molecule is NNc1nc(Br)cnc1NC(=O)O. The summed E-state index contributed by atoms with van der Waals surface area (Å²) in [5.74, 6) is 5.29. The van der Waals surface area contributed by atoms with Gasteiger partial charge in [0.25, 0.3) is 0 Å². The zero-order chi connectivity index (χ0) is 9.84. The largest absolute Gasteiger partial charge is 0.465 e. The molecule has 0 unspecified atom stereocenters. The Morgan fingerprint density at radius 2 is 2.31 bits per heavy atom. The zero-order valence-electron chi connectivity index (χ0n) is 6.28. The Balaban J connectivity index is 2.99. The van der Waals surface area contributed by atoms with E-state index in [1.807, 2.05) is 5.32 Å². The molecule has 1 aromatic rings. The number of rotatable bonds is 2. The van der Waals surface area contributed by atoms with Gasteiger partial charge < -0.3 is 10.5 Å². The quantitative estimate of drug-likeness (QED) is 0.450. The van der Waals surface area contributed by atoms with Crippen molar-refractivity contribution >= 4 is 33.7 Å². The number of hydrazine groups is 1. The fourth-order valence-electron chi connectivity index (χ4n) is 0.661. The smallest absolute Gasteiger partial charge is 0.410 e. The van der Waals surface area contributed by atoms with E-state index in [9.17, 15) is 4.79 Å². The summed E-state index contributed by atoms with van der Waals surface area (Å²) in [6, 6.07) is 0. The highest BCUT2D eigenvalue weighted by atomic mass is 79.9. The first-order chi connectivity index (χ1) is 6.13. The van der Waals surface area contributed by atoms with Gasteiger partial charge in [-0.05, 0) is 15.9 Å². The van der Waals surface area contributed by atoms with Gasteiger partial charge in [-0.15, -0.1) is 0 Å². The lowest BCUT2D eigenvalue weighted by Crippen LogP contribution is -2.16. The van der Waals surface area contributed by atoms with Crippen molar-refractivity contribution in [3.8, 4) is 0 Å². The van der Waals surface area contributed by atoms with Gasteiger partial charge in [0.1, 0.15) is 4.60 Å². The van der Waals surface area contributed by atoms with Crippen LogP contribution in [0.5, 0.6) is 0 Å². The minimum atomic E-state index is -1.23. The molecule has 13 heavy (non-hydrogen) atoms. The molecule has 1 rings (SSSR count). The number of hydrogen-bond acceptors (Lipinski definition) is 5. The normalized spacial score (nSPS) is 9.38. The highest BCUT2D eigenvalue weighted by Gasteiger charge is 2.07. The van der Waals surface area contributed by atoms with E-state index in [2.05, 4.69) is 31.3 Å². The minimum Gasteiger partial charge on any atom is -0.465 e. The fraction of sp³-hybridized carbons (Fsp3) is 0. The predicted octanol–water partition coefficient (Wildman–Crippen LogP) is 0.615. The molecule has 0 aliphatic carbocycles. The van der Waals surface area contributed by atoms with Crippen LogP contribution in [0.1, 0.15) is 0 Å². The maximum absolute atomic E-state index is 10.3. The molecule has 0 atom stereocenters. The number of nitrogens with two attached hydrogens (primary N) is 1. The van der Waals surface area contributed by atoms with Gasteiger partial charge in [0, 0.05) is 0 Å². The van der Waals surface area contributed by atoms with Gasteiger partial charge in [-0.25, -0.2) is 20.6 Å². The van der Waals surface area contributed by atoms with Crippen molar-refractivity contribution in [1.82, 2.24) is 9.97 Å². The number of aromatic nitrogens is 2. The summed E-state index contributed by atoms with van der Waals surface area (Å²) in [5, 5.41) is 10.4. The third kappa shape index (κ3) is 2.53. The van der Waals surface area contributed by atoms with Crippen molar-refractivity contribution in [2.24, 2.45) is 5.84 Å². The molecular formula is C5H6BrN5O2. The Morgan fingerprint density at radius 1 is 1.62 bits per heavy atom. The van der Waals surface area contributed by atoms with Crippen molar-refractivity contribution in [2.45, 2.75) is 0 Å². The molecule has 1 aromatic heterocycles. The molecule has 1 amide bonds. The third-order valence-corrected chi connectivity index (χ3v) is 1.49. The topological polar surface area (TPSA) is 113 Å². The van der Waals surface area contributed by atoms with Crippen molar-refractivity contribution in [3.63, 3.8) is 0 Å². The standard InChI is InChI=1S/C5H6BrN5O2/c6-2-1-8-3(10-5(12)13)4(9-2)11-7/h1H,7H2,(H,8,10)(H,9,11)(H,12,13). The Hall–Kier alpha value is -1.41. The van der Waals surface area contributed by atoms with E-state index in [0.717, 1.165) is 0 Å². The van der Waals surface area contributed by atoms with Crippen LogP contribution in [0, 0.1) is 0 Å². The van der Waals surface area contributed by atoms with Crippen LogP contribution in [0.3, 0.4) is 0 Å². The Bertz CT molecular complexity index is 331. The molecule has 0 saturated heterocycles.